The molecule has 0 fully saturated rings. The number of likely N-dealkylation sites (N-methyl/N-ethyl adjacent to an activating group) is 1. The standard InChI is InChI=1S/C13H18BrNO2/c1-10-3-4-12(14)9-11(10)5-7-15(2)13(17)6-8-16/h3-4,9,16H,5-8H2,1-2H3. The molecule has 0 radical (unpaired) electrons. The summed E-state index contributed by atoms with van der Waals surface area (Å²) in [6.07, 6.45) is 1.03. The molecule has 0 saturated heterocycles. The first-order chi connectivity index (χ1) is 8.04. The lowest BCUT2D eigenvalue weighted by Crippen LogP contribution is -2.29. The number of benzene rings is 1. The number of amides is 1. The quantitative estimate of drug-likeness (QED) is 0.905. The molecule has 94 valence electrons. The van der Waals surface area contributed by atoms with Crippen LogP contribution in [-0.2, 0) is 11.2 Å². The summed E-state index contributed by atoms with van der Waals surface area (Å²) in [5, 5.41) is 8.70. The minimum atomic E-state index is -0.0842. The molecule has 0 aromatic heterocycles. The Hall–Kier alpha value is -0.870. The van der Waals surface area contributed by atoms with Crippen molar-refractivity contribution in [1.82, 2.24) is 4.90 Å². The van der Waals surface area contributed by atoms with Gasteiger partial charge in [-0.1, -0.05) is 22.0 Å². The summed E-state index contributed by atoms with van der Waals surface area (Å²) in [6.45, 7) is 2.66. The Morgan fingerprint density at radius 1 is 1.47 bits per heavy atom. The summed E-state index contributed by atoms with van der Waals surface area (Å²) in [7, 11) is 1.77. The monoisotopic (exact) mass is 299 g/mol. The summed E-state index contributed by atoms with van der Waals surface area (Å²) in [4.78, 5) is 13.1. The van der Waals surface area contributed by atoms with Crippen molar-refractivity contribution in [2.45, 2.75) is 19.8 Å². The molecule has 0 aliphatic rings. The van der Waals surface area contributed by atoms with E-state index in [9.17, 15) is 4.79 Å². The molecule has 0 atom stereocenters. The van der Waals surface area contributed by atoms with Crippen LogP contribution in [0, 0.1) is 6.92 Å². The van der Waals surface area contributed by atoms with Crippen LogP contribution in [0.5, 0.6) is 0 Å². The zero-order valence-corrected chi connectivity index (χ0v) is 11.8. The van der Waals surface area contributed by atoms with Crippen molar-refractivity contribution in [3.05, 3.63) is 33.8 Å². The van der Waals surface area contributed by atoms with Crippen molar-refractivity contribution >= 4 is 21.8 Å². The van der Waals surface area contributed by atoms with Gasteiger partial charge in [0, 0.05) is 24.5 Å². The maximum Gasteiger partial charge on any atom is 0.224 e. The van der Waals surface area contributed by atoms with E-state index in [1.165, 1.54) is 11.1 Å². The Labute approximate surface area is 111 Å². The summed E-state index contributed by atoms with van der Waals surface area (Å²) in [5.41, 5.74) is 2.47. The summed E-state index contributed by atoms with van der Waals surface area (Å²) in [6, 6.07) is 6.16. The zero-order valence-electron chi connectivity index (χ0n) is 10.2. The number of carbonyl (C=O) groups is 1. The second kappa shape index (κ2) is 6.77. The van der Waals surface area contributed by atoms with E-state index in [4.69, 9.17) is 5.11 Å². The molecule has 1 aromatic carbocycles. The summed E-state index contributed by atoms with van der Waals surface area (Å²) in [5.74, 6) is -0.0138. The van der Waals surface area contributed by atoms with Crippen LogP contribution in [0.4, 0.5) is 0 Å². The third-order valence-corrected chi connectivity index (χ3v) is 3.27. The average Bonchev–Trinajstić information content (AvgIpc) is 2.30. The van der Waals surface area contributed by atoms with Crippen molar-refractivity contribution in [3.63, 3.8) is 0 Å². The van der Waals surface area contributed by atoms with Crippen molar-refractivity contribution < 1.29 is 9.90 Å². The van der Waals surface area contributed by atoms with Gasteiger partial charge in [-0.15, -0.1) is 0 Å². The molecule has 1 aromatic rings. The van der Waals surface area contributed by atoms with Crippen LogP contribution in [-0.4, -0.2) is 36.1 Å². The lowest BCUT2D eigenvalue weighted by Gasteiger charge is -2.17. The van der Waals surface area contributed by atoms with Gasteiger partial charge >= 0.3 is 0 Å². The van der Waals surface area contributed by atoms with Crippen molar-refractivity contribution in [3.8, 4) is 0 Å². The molecule has 0 unspecified atom stereocenters. The fraction of sp³-hybridized carbons (Fsp3) is 0.462. The van der Waals surface area contributed by atoms with Crippen LogP contribution in [0.15, 0.2) is 22.7 Å². The van der Waals surface area contributed by atoms with Crippen LogP contribution in [0.3, 0.4) is 0 Å². The normalized spacial score (nSPS) is 10.4. The number of hydrogen-bond donors (Lipinski definition) is 1. The number of aryl methyl sites for hydroxylation is 1. The van der Waals surface area contributed by atoms with E-state index >= 15 is 0 Å². The van der Waals surface area contributed by atoms with Gasteiger partial charge in [0.05, 0.1) is 6.61 Å². The van der Waals surface area contributed by atoms with Gasteiger partial charge in [0.25, 0.3) is 0 Å². The minimum Gasteiger partial charge on any atom is -0.396 e. The predicted octanol–water partition coefficient (Wildman–Crippen LogP) is 2.14. The second-order valence-corrected chi connectivity index (χ2v) is 5.03. The molecule has 0 heterocycles. The SMILES string of the molecule is Cc1ccc(Br)cc1CCN(C)C(=O)CCO. The number of halogens is 1. The Bertz CT molecular complexity index is 393. The van der Waals surface area contributed by atoms with Gasteiger partial charge in [0.15, 0.2) is 0 Å². The molecular weight excluding hydrogens is 282 g/mol. The molecule has 1 rings (SSSR count). The smallest absolute Gasteiger partial charge is 0.224 e. The lowest BCUT2D eigenvalue weighted by atomic mass is 10.1. The molecule has 0 aliphatic heterocycles. The molecule has 1 amide bonds. The van der Waals surface area contributed by atoms with E-state index in [1.54, 1.807) is 11.9 Å². The highest BCUT2D eigenvalue weighted by molar-refractivity contribution is 9.10. The fourth-order valence-corrected chi connectivity index (χ4v) is 2.02. The molecule has 1 N–H and O–H groups in total. The van der Waals surface area contributed by atoms with Gasteiger partial charge in [-0.2, -0.15) is 0 Å². The van der Waals surface area contributed by atoms with E-state index in [1.807, 2.05) is 6.07 Å². The Morgan fingerprint density at radius 2 is 2.18 bits per heavy atom. The molecule has 4 heteroatoms. The number of hydrogen-bond acceptors (Lipinski definition) is 2. The first-order valence-corrected chi connectivity index (χ1v) is 6.43. The molecule has 17 heavy (non-hydrogen) atoms. The van der Waals surface area contributed by atoms with E-state index in [-0.39, 0.29) is 18.9 Å². The molecule has 0 bridgehead atoms. The second-order valence-electron chi connectivity index (χ2n) is 4.11. The summed E-state index contributed by atoms with van der Waals surface area (Å²) >= 11 is 3.44. The number of rotatable bonds is 5. The van der Waals surface area contributed by atoms with Crippen molar-refractivity contribution in [2.75, 3.05) is 20.2 Å². The highest BCUT2D eigenvalue weighted by Crippen LogP contribution is 2.16. The molecule has 0 saturated carbocycles. The number of carbonyl (C=O) groups excluding carboxylic acids is 1. The first-order valence-electron chi connectivity index (χ1n) is 5.64. The van der Waals surface area contributed by atoms with Crippen molar-refractivity contribution in [2.24, 2.45) is 0 Å². The fourth-order valence-electron chi connectivity index (χ4n) is 1.61. The van der Waals surface area contributed by atoms with Gasteiger partial charge < -0.3 is 10.0 Å². The third kappa shape index (κ3) is 4.48. The van der Waals surface area contributed by atoms with Crippen LogP contribution < -0.4 is 0 Å². The van der Waals surface area contributed by atoms with Crippen LogP contribution >= 0.6 is 15.9 Å². The van der Waals surface area contributed by atoms with Gasteiger partial charge in [0.1, 0.15) is 0 Å². The Morgan fingerprint density at radius 3 is 2.82 bits per heavy atom. The van der Waals surface area contributed by atoms with E-state index in [2.05, 4.69) is 35.0 Å². The molecule has 0 spiro atoms. The summed E-state index contributed by atoms with van der Waals surface area (Å²) < 4.78 is 1.06. The lowest BCUT2D eigenvalue weighted by molar-refractivity contribution is -0.130. The Kier molecular flexibility index (Phi) is 5.65. The van der Waals surface area contributed by atoms with Gasteiger partial charge in [-0.05, 0) is 36.6 Å². The number of aliphatic hydroxyl groups excluding tert-OH is 1. The first kappa shape index (κ1) is 14.2. The van der Waals surface area contributed by atoms with Crippen LogP contribution in [0.1, 0.15) is 17.5 Å². The third-order valence-electron chi connectivity index (χ3n) is 2.78. The minimum absolute atomic E-state index is 0.0138. The highest BCUT2D eigenvalue weighted by Gasteiger charge is 2.08. The van der Waals surface area contributed by atoms with Gasteiger partial charge in [-0.25, -0.2) is 0 Å². The van der Waals surface area contributed by atoms with Gasteiger partial charge in [-0.3, -0.25) is 4.79 Å². The predicted molar refractivity (Wildman–Crippen MR) is 71.9 cm³/mol. The average molecular weight is 300 g/mol. The largest absolute Gasteiger partial charge is 0.396 e. The molecule has 0 aliphatic carbocycles. The Balaban J connectivity index is 2.55. The number of nitrogens with zero attached hydrogens (tertiary/aromatic N) is 1. The van der Waals surface area contributed by atoms with E-state index in [0.717, 1.165) is 10.9 Å². The van der Waals surface area contributed by atoms with Crippen LogP contribution in [0.25, 0.3) is 0 Å². The van der Waals surface area contributed by atoms with Crippen molar-refractivity contribution in [1.29, 1.82) is 0 Å². The maximum atomic E-state index is 11.5. The van der Waals surface area contributed by atoms with E-state index < -0.39 is 0 Å². The molecular formula is C13H18BrNO2. The number of aliphatic hydroxyl groups is 1. The van der Waals surface area contributed by atoms with Gasteiger partial charge in [0.2, 0.25) is 5.91 Å². The van der Waals surface area contributed by atoms with E-state index in [0.29, 0.717) is 6.54 Å². The maximum absolute atomic E-state index is 11.5. The topological polar surface area (TPSA) is 40.5 Å². The molecule has 3 nitrogen and oxygen atoms in total. The highest BCUT2D eigenvalue weighted by atomic mass is 79.9. The van der Waals surface area contributed by atoms with Crippen LogP contribution in [0.2, 0.25) is 0 Å². The zero-order chi connectivity index (χ0) is 12.8.